The minimum Gasteiger partial charge on any atom is -0.384 e. The number of aromatic nitrogens is 2. The molecule has 1 unspecified atom stereocenters. The van der Waals surface area contributed by atoms with E-state index in [1.165, 1.54) is 0 Å². The Kier molecular flexibility index (Phi) is 6.30. The van der Waals surface area contributed by atoms with Gasteiger partial charge in [-0.1, -0.05) is 35.5 Å². The number of ether oxygens (including phenoxy) is 1. The normalized spacial score (nSPS) is 18.4. The van der Waals surface area contributed by atoms with Gasteiger partial charge in [0.05, 0.1) is 13.2 Å². The number of ketones is 1. The molecule has 1 aromatic heterocycles. The van der Waals surface area contributed by atoms with E-state index >= 15 is 0 Å². The van der Waals surface area contributed by atoms with Gasteiger partial charge in [0.25, 0.3) is 0 Å². The Bertz CT molecular complexity index is 672. The van der Waals surface area contributed by atoms with E-state index < -0.39 is 0 Å². The van der Waals surface area contributed by atoms with Crippen molar-refractivity contribution in [2.45, 2.75) is 32.2 Å². The van der Waals surface area contributed by atoms with E-state index in [0.29, 0.717) is 43.5 Å². The molecule has 1 atom stereocenters. The average Bonchev–Trinajstić information content (AvgIpc) is 3.08. The maximum absolute atomic E-state index is 12.6. The van der Waals surface area contributed by atoms with Crippen LogP contribution in [0.5, 0.6) is 0 Å². The number of rotatable bonds is 8. The molecule has 0 saturated carbocycles. The van der Waals surface area contributed by atoms with Crippen molar-refractivity contribution in [2.75, 3.05) is 26.8 Å². The average molecular weight is 343 g/mol. The lowest BCUT2D eigenvalue weighted by Gasteiger charge is -2.30. The van der Waals surface area contributed by atoms with E-state index in [1.807, 2.05) is 30.3 Å². The number of methoxy groups -OCH3 is 1. The predicted octanol–water partition coefficient (Wildman–Crippen LogP) is 2.28. The van der Waals surface area contributed by atoms with Crippen molar-refractivity contribution in [1.29, 1.82) is 0 Å². The number of hydrogen-bond acceptors (Lipinski definition) is 6. The molecule has 0 aliphatic carbocycles. The largest absolute Gasteiger partial charge is 0.384 e. The molecule has 2 heterocycles. The van der Waals surface area contributed by atoms with Gasteiger partial charge < -0.3 is 9.26 Å². The lowest BCUT2D eigenvalue weighted by atomic mass is 9.90. The van der Waals surface area contributed by atoms with Gasteiger partial charge in [-0.15, -0.1) is 0 Å². The molecule has 134 valence electrons. The Morgan fingerprint density at radius 2 is 2.20 bits per heavy atom. The van der Waals surface area contributed by atoms with Crippen molar-refractivity contribution in [2.24, 2.45) is 5.92 Å². The van der Waals surface area contributed by atoms with E-state index in [4.69, 9.17) is 9.26 Å². The third kappa shape index (κ3) is 5.21. The van der Waals surface area contributed by atoms with Crippen LogP contribution in [0.4, 0.5) is 0 Å². The van der Waals surface area contributed by atoms with Gasteiger partial charge in [-0.3, -0.25) is 9.69 Å². The van der Waals surface area contributed by atoms with Crippen molar-refractivity contribution in [3.8, 4) is 0 Å². The summed E-state index contributed by atoms with van der Waals surface area (Å²) in [5.41, 5.74) is 1.09. The smallest absolute Gasteiger partial charge is 0.240 e. The van der Waals surface area contributed by atoms with Gasteiger partial charge >= 0.3 is 0 Å². The fourth-order valence-corrected chi connectivity index (χ4v) is 3.24. The van der Waals surface area contributed by atoms with E-state index in [1.54, 1.807) is 7.11 Å². The SMILES string of the molecule is COCCc1noc(CN2CCCC(C(=O)Cc3ccccc3)C2)n1. The highest BCUT2D eigenvalue weighted by Gasteiger charge is 2.26. The number of nitrogens with zero attached hydrogens (tertiary/aromatic N) is 3. The first-order chi connectivity index (χ1) is 12.2. The summed E-state index contributed by atoms with van der Waals surface area (Å²) < 4.78 is 10.3. The maximum atomic E-state index is 12.6. The molecule has 25 heavy (non-hydrogen) atoms. The van der Waals surface area contributed by atoms with Crippen LogP contribution in [0.15, 0.2) is 34.9 Å². The molecule has 1 aromatic carbocycles. The maximum Gasteiger partial charge on any atom is 0.240 e. The van der Waals surface area contributed by atoms with Gasteiger partial charge in [-0.05, 0) is 24.9 Å². The molecule has 1 saturated heterocycles. The molecule has 6 nitrogen and oxygen atoms in total. The lowest BCUT2D eigenvalue weighted by Crippen LogP contribution is -2.38. The summed E-state index contributed by atoms with van der Waals surface area (Å²) >= 11 is 0. The second kappa shape index (κ2) is 8.87. The molecule has 3 rings (SSSR count). The van der Waals surface area contributed by atoms with Gasteiger partial charge in [0.1, 0.15) is 5.78 Å². The lowest BCUT2D eigenvalue weighted by molar-refractivity contribution is -0.124. The minimum absolute atomic E-state index is 0.0878. The zero-order valence-electron chi connectivity index (χ0n) is 14.7. The van der Waals surface area contributed by atoms with Crippen LogP contribution in [-0.4, -0.2) is 47.6 Å². The van der Waals surface area contributed by atoms with Crippen LogP contribution >= 0.6 is 0 Å². The van der Waals surface area contributed by atoms with E-state index in [2.05, 4.69) is 15.0 Å². The minimum atomic E-state index is 0.0878. The topological polar surface area (TPSA) is 68.5 Å². The third-order valence-electron chi connectivity index (χ3n) is 4.58. The summed E-state index contributed by atoms with van der Waals surface area (Å²) in [6.45, 7) is 2.92. The molecule has 0 amide bonds. The van der Waals surface area contributed by atoms with Crippen LogP contribution in [0.1, 0.15) is 30.1 Å². The second-order valence-electron chi connectivity index (χ2n) is 6.55. The van der Waals surface area contributed by atoms with Crippen LogP contribution in [0.25, 0.3) is 0 Å². The number of hydrogen-bond donors (Lipinski definition) is 0. The summed E-state index contributed by atoms with van der Waals surface area (Å²) in [6, 6.07) is 9.96. The van der Waals surface area contributed by atoms with Crippen LogP contribution < -0.4 is 0 Å². The first-order valence-corrected chi connectivity index (χ1v) is 8.84. The van der Waals surface area contributed by atoms with Gasteiger partial charge in [-0.2, -0.15) is 4.98 Å². The van der Waals surface area contributed by atoms with Crippen LogP contribution in [-0.2, 0) is 28.9 Å². The first-order valence-electron chi connectivity index (χ1n) is 8.84. The van der Waals surface area contributed by atoms with E-state index in [9.17, 15) is 4.79 Å². The summed E-state index contributed by atoms with van der Waals surface area (Å²) in [5, 5.41) is 3.97. The molecule has 0 N–H and O–H groups in total. The monoisotopic (exact) mass is 343 g/mol. The van der Waals surface area contributed by atoms with Crippen LogP contribution in [0, 0.1) is 5.92 Å². The summed E-state index contributed by atoms with van der Waals surface area (Å²) in [4.78, 5) is 19.2. The molecule has 1 fully saturated rings. The zero-order valence-corrected chi connectivity index (χ0v) is 14.7. The molecule has 0 spiro atoms. The standard InChI is InChI=1S/C19H25N3O3/c1-24-11-9-18-20-19(25-21-18)14-22-10-5-8-16(13-22)17(23)12-15-6-3-2-4-7-15/h2-4,6-7,16H,5,8-14H2,1H3. The molecule has 0 bridgehead atoms. The molecule has 6 heteroatoms. The number of benzene rings is 1. The highest BCUT2D eigenvalue weighted by molar-refractivity contribution is 5.83. The van der Waals surface area contributed by atoms with Crippen LogP contribution in [0.3, 0.4) is 0 Å². The highest BCUT2D eigenvalue weighted by Crippen LogP contribution is 2.20. The number of Topliss-reactive ketones (excluding diaryl/α,β-unsaturated/α-hetero) is 1. The fraction of sp³-hybridized carbons (Fsp3) is 0.526. The van der Waals surface area contributed by atoms with Crippen molar-refractivity contribution < 1.29 is 14.1 Å². The van der Waals surface area contributed by atoms with E-state index in [0.717, 1.165) is 31.5 Å². The quantitative estimate of drug-likeness (QED) is 0.732. The summed E-state index contributed by atoms with van der Waals surface area (Å²) in [5.74, 6) is 1.69. The molecule has 0 radical (unpaired) electrons. The highest BCUT2D eigenvalue weighted by atomic mass is 16.5. The Morgan fingerprint density at radius 1 is 1.36 bits per heavy atom. The van der Waals surface area contributed by atoms with Gasteiger partial charge in [0.15, 0.2) is 5.82 Å². The van der Waals surface area contributed by atoms with E-state index in [-0.39, 0.29) is 5.92 Å². The number of piperidine rings is 1. The number of carbonyl (C=O) groups excluding carboxylic acids is 1. The molecule has 1 aliphatic heterocycles. The summed E-state index contributed by atoms with van der Waals surface area (Å²) in [7, 11) is 1.65. The fourth-order valence-electron chi connectivity index (χ4n) is 3.24. The van der Waals surface area contributed by atoms with Gasteiger partial charge in [0, 0.05) is 32.4 Å². The van der Waals surface area contributed by atoms with Crippen LogP contribution in [0.2, 0.25) is 0 Å². The molecular formula is C19H25N3O3. The Morgan fingerprint density at radius 3 is 3.00 bits per heavy atom. The Labute approximate surface area is 148 Å². The van der Waals surface area contributed by atoms with Crippen molar-refractivity contribution in [3.63, 3.8) is 0 Å². The zero-order chi connectivity index (χ0) is 17.5. The van der Waals surface area contributed by atoms with Gasteiger partial charge in [-0.25, -0.2) is 0 Å². The Balaban J connectivity index is 1.52. The predicted molar refractivity (Wildman–Crippen MR) is 93.0 cm³/mol. The molecule has 2 aromatic rings. The summed E-state index contributed by atoms with van der Waals surface area (Å²) in [6.07, 6.45) is 3.15. The molecular weight excluding hydrogens is 318 g/mol. The molecule has 1 aliphatic rings. The third-order valence-corrected chi connectivity index (χ3v) is 4.58. The van der Waals surface area contributed by atoms with Gasteiger partial charge in [0.2, 0.25) is 5.89 Å². The Hall–Kier alpha value is -2.05. The van der Waals surface area contributed by atoms with Crippen molar-refractivity contribution in [1.82, 2.24) is 15.0 Å². The van der Waals surface area contributed by atoms with Crippen molar-refractivity contribution >= 4 is 5.78 Å². The number of likely N-dealkylation sites (tertiary alicyclic amines) is 1. The second-order valence-corrected chi connectivity index (χ2v) is 6.55. The number of carbonyl (C=O) groups is 1. The first kappa shape index (κ1) is 17.8. The van der Waals surface area contributed by atoms with Crippen molar-refractivity contribution in [3.05, 3.63) is 47.6 Å².